The van der Waals surface area contributed by atoms with Crippen molar-refractivity contribution in [1.82, 2.24) is 14.8 Å². The monoisotopic (exact) mass is 489 g/mol. The SMILES string of the molecule is COc1ccc2ccccc2c1CNC(=O)c1cn(CC(C)C)cc(C(=O)N2CCCCCC2)c1=O. The van der Waals surface area contributed by atoms with Crippen molar-refractivity contribution in [2.75, 3.05) is 20.2 Å². The van der Waals surface area contributed by atoms with E-state index in [2.05, 4.69) is 19.2 Å². The van der Waals surface area contributed by atoms with Crippen molar-refractivity contribution in [1.29, 1.82) is 0 Å². The number of carbonyl (C=O) groups is 2. The van der Waals surface area contributed by atoms with Crippen LogP contribution in [-0.4, -0.2) is 41.5 Å². The summed E-state index contributed by atoms with van der Waals surface area (Å²) in [6, 6.07) is 11.7. The van der Waals surface area contributed by atoms with Crippen molar-refractivity contribution in [2.24, 2.45) is 5.92 Å². The van der Waals surface area contributed by atoms with Gasteiger partial charge in [-0.25, -0.2) is 0 Å². The first-order valence-corrected chi connectivity index (χ1v) is 12.7. The van der Waals surface area contributed by atoms with E-state index < -0.39 is 11.3 Å². The highest BCUT2D eigenvalue weighted by molar-refractivity contribution is 5.99. The molecule has 0 saturated carbocycles. The third kappa shape index (κ3) is 5.61. The molecule has 0 unspecified atom stereocenters. The summed E-state index contributed by atoms with van der Waals surface area (Å²) in [5.41, 5.74) is 0.360. The van der Waals surface area contributed by atoms with Crippen LogP contribution in [0, 0.1) is 5.92 Å². The summed E-state index contributed by atoms with van der Waals surface area (Å²) in [5, 5.41) is 4.91. The Labute approximate surface area is 212 Å². The molecule has 190 valence electrons. The van der Waals surface area contributed by atoms with Crippen molar-refractivity contribution in [2.45, 2.75) is 52.6 Å². The largest absolute Gasteiger partial charge is 0.496 e. The van der Waals surface area contributed by atoms with Crippen molar-refractivity contribution >= 4 is 22.6 Å². The standard InChI is InChI=1S/C29H35N3O4/c1-20(2)17-31-18-24(27(33)25(19-31)29(35)32-14-8-4-5-9-15-32)28(34)30-16-23-22-11-7-6-10-21(22)12-13-26(23)36-3/h6-7,10-13,18-20H,4-5,8-9,14-17H2,1-3H3,(H,30,34). The van der Waals surface area contributed by atoms with Crippen LogP contribution in [0.15, 0.2) is 53.6 Å². The van der Waals surface area contributed by atoms with Crippen molar-refractivity contribution in [3.05, 3.63) is 75.7 Å². The first kappa shape index (κ1) is 25.5. The highest BCUT2D eigenvalue weighted by atomic mass is 16.5. The minimum Gasteiger partial charge on any atom is -0.496 e. The lowest BCUT2D eigenvalue weighted by atomic mass is 10.0. The van der Waals surface area contributed by atoms with Gasteiger partial charge in [-0.3, -0.25) is 14.4 Å². The van der Waals surface area contributed by atoms with Crippen LogP contribution < -0.4 is 15.5 Å². The molecule has 0 radical (unpaired) electrons. The third-order valence-electron chi connectivity index (χ3n) is 6.67. The molecule has 1 fully saturated rings. The second kappa shape index (κ2) is 11.4. The number of likely N-dealkylation sites (tertiary alicyclic amines) is 1. The maximum Gasteiger partial charge on any atom is 0.259 e. The number of aromatic nitrogens is 1. The number of hydrogen-bond acceptors (Lipinski definition) is 4. The summed E-state index contributed by atoms with van der Waals surface area (Å²) >= 11 is 0. The van der Waals surface area contributed by atoms with Crippen LogP contribution >= 0.6 is 0 Å². The van der Waals surface area contributed by atoms with Gasteiger partial charge in [-0.1, -0.05) is 57.0 Å². The van der Waals surface area contributed by atoms with Gasteiger partial charge >= 0.3 is 0 Å². The summed E-state index contributed by atoms with van der Waals surface area (Å²) < 4.78 is 7.33. The van der Waals surface area contributed by atoms with Crippen molar-refractivity contribution < 1.29 is 14.3 Å². The molecule has 7 nitrogen and oxygen atoms in total. The van der Waals surface area contributed by atoms with Gasteiger partial charge in [-0.05, 0) is 35.6 Å². The Morgan fingerprint density at radius 2 is 1.67 bits per heavy atom. The molecule has 1 saturated heterocycles. The number of carbonyl (C=O) groups excluding carboxylic acids is 2. The number of ether oxygens (including phenoxy) is 1. The lowest BCUT2D eigenvalue weighted by molar-refractivity contribution is 0.0759. The van der Waals surface area contributed by atoms with Gasteiger partial charge in [0.05, 0.1) is 7.11 Å². The van der Waals surface area contributed by atoms with Gasteiger partial charge in [0.2, 0.25) is 5.43 Å². The summed E-state index contributed by atoms with van der Waals surface area (Å²) in [6.45, 7) is 6.18. The molecule has 1 N–H and O–H groups in total. The Morgan fingerprint density at radius 1 is 0.972 bits per heavy atom. The minimum absolute atomic E-state index is 0.0180. The number of nitrogens with one attached hydrogen (secondary N) is 1. The quantitative estimate of drug-likeness (QED) is 0.526. The summed E-state index contributed by atoms with van der Waals surface area (Å²) in [6.07, 6.45) is 7.21. The zero-order valence-corrected chi connectivity index (χ0v) is 21.4. The van der Waals surface area contributed by atoms with E-state index in [-0.39, 0.29) is 29.5 Å². The number of fused-ring (bicyclic) bond motifs is 1. The number of methoxy groups -OCH3 is 1. The van der Waals surface area contributed by atoms with Gasteiger partial charge in [-0.15, -0.1) is 0 Å². The van der Waals surface area contributed by atoms with Gasteiger partial charge in [0, 0.05) is 44.1 Å². The molecular weight excluding hydrogens is 454 g/mol. The Kier molecular flexibility index (Phi) is 8.08. The Bertz CT molecular complexity index is 1300. The average Bonchev–Trinajstić information content (AvgIpc) is 3.17. The van der Waals surface area contributed by atoms with Crippen LogP contribution in [0.2, 0.25) is 0 Å². The Balaban J connectivity index is 1.66. The zero-order chi connectivity index (χ0) is 25.7. The van der Waals surface area contributed by atoms with Gasteiger partial charge in [0.15, 0.2) is 0 Å². The molecule has 1 aromatic heterocycles. The lowest BCUT2D eigenvalue weighted by Gasteiger charge is -2.21. The Hall–Kier alpha value is -3.61. The van der Waals surface area contributed by atoms with Crippen LogP contribution in [0.25, 0.3) is 10.8 Å². The van der Waals surface area contributed by atoms with E-state index in [0.29, 0.717) is 25.4 Å². The zero-order valence-electron chi connectivity index (χ0n) is 21.4. The van der Waals surface area contributed by atoms with Crippen LogP contribution in [0.3, 0.4) is 0 Å². The van der Waals surface area contributed by atoms with Gasteiger partial charge in [0.25, 0.3) is 11.8 Å². The van der Waals surface area contributed by atoms with E-state index in [4.69, 9.17) is 4.74 Å². The molecule has 36 heavy (non-hydrogen) atoms. The first-order chi connectivity index (χ1) is 17.4. The number of nitrogens with zero attached hydrogens (tertiary/aromatic N) is 2. The number of hydrogen-bond donors (Lipinski definition) is 1. The molecule has 0 aliphatic carbocycles. The molecule has 4 rings (SSSR count). The highest BCUT2D eigenvalue weighted by Gasteiger charge is 2.24. The average molecular weight is 490 g/mol. The maximum atomic E-state index is 13.4. The topological polar surface area (TPSA) is 80.6 Å². The van der Waals surface area contributed by atoms with E-state index in [1.165, 1.54) is 0 Å². The second-order valence-corrected chi connectivity index (χ2v) is 9.86. The molecule has 1 aliphatic rings. The number of rotatable bonds is 7. The van der Waals surface area contributed by atoms with Crippen LogP contribution in [-0.2, 0) is 13.1 Å². The molecule has 2 heterocycles. The molecule has 2 amide bonds. The van der Waals surface area contributed by atoms with E-state index in [1.807, 2.05) is 36.4 Å². The van der Waals surface area contributed by atoms with E-state index in [1.54, 1.807) is 29.0 Å². The van der Waals surface area contributed by atoms with Gasteiger partial charge in [-0.2, -0.15) is 0 Å². The highest BCUT2D eigenvalue weighted by Crippen LogP contribution is 2.27. The fraction of sp³-hybridized carbons (Fsp3) is 0.414. The third-order valence-corrected chi connectivity index (χ3v) is 6.67. The predicted octanol–water partition coefficient (Wildman–Crippen LogP) is 4.61. The summed E-state index contributed by atoms with van der Waals surface area (Å²) in [4.78, 5) is 41.9. The number of amides is 2. The van der Waals surface area contributed by atoms with Crippen molar-refractivity contribution in [3.8, 4) is 5.75 Å². The summed E-state index contributed by atoms with van der Waals surface area (Å²) in [5.74, 6) is 0.156. The first-order valence-electron chi connectivity index (χ1n) is 12.7. The molecule has 0 atom stereocenters. The predicted molar refractivity (Wildman–Crippen MR) is 142 cm³/mol. The number of benzene rings is 2. The Morgan fingerprint density at radius 3 is 2.36 bits per heavy atom. The smallest absolute Gasteiger partial charge is 0.259 e. The molecule has 0 spiro atoms. The fourth-order valence-electron chi connectivity index (χ4n) is 4.87. The number of pyridine rings is 1. The van der Waals surface area contributed by atoms with Crippen molar-refractivity contribution in [3.63, 3.8) is 0 Å². The van der Waals surface area contributed by atoms with Crippen LogP contribution in [0.4, 0.5) is 0 Å². The second-order valence-electron chi connectivity index (χ2n) is 9.86. The fourth-order valence-corrected chi connectivity index (χ4v) is 4.87. The minimum atomic E-state index is -0.522. The van der Waals surface area contributed by atoms with Gasteiger partial charge in [0.1, 0.15) is 16.9 Å². The normalized spacial score (nSPS) is 14.1. The molecule has 7 heteroatoms. The maximum absolute atomic E-state index is 13.4. The van der Waals surface area contributed by atoms with Crippen LogP contribution in [0.1, 0.15) is 65.8 Å². The molecule has 0 bridgehead atoms. The van der Waals surface area contributed by atoms with E-state index in [0.717, 1.165) is 42.0 Å². The van der Waals surface area contributed by atoms with Crippen LogP contribution in [0.5, 0.6) is 5.75 Å². The molecular formula is C29H35N3O4. The molecule has 1 aliphatic heterocycles. The van der Waals surface area contributed by atoms with E-state index in [9.17, 15) is 14.4 Å². The lowest BCUT2D eigenvalue weighted by Crippen LogP contribution is -2.38. The van der Waals surface area contributed by atoms with E-state index >= 15 is 0 Å². The molecule has 3 aromatic rings. The molecule has 2 aromatic carbocycles. The summed E-state index contributed by atoms with van der Waals surface area (Å²) in [7, 11) is 1.60. The van der Waals surface area contributed by atoms with Gasteiger partial charge < -0.3 is 19.5 Å².